The van der Waals surface area contributed by atoms with Gasteiger partial charge in [-0.25, -0.2) is 4.98 Å². The molecule has 23 heavy (non-hydrogen) atoms. The maximum atomic E-state index is 11.4. The van der Waals surface area contributed by atoms with Crippen molar-refractivity contribution >= 4 is 39.8 Å². The van der Waals surface area contributed by atoms with E-state index in [4.69, 9.17) is 4.74 Å². The Balaban J connectivity index is 1.91. The fraction of sp³-hybridized carbons (Fsp3) is 0.375. The van der Waals surface area contributed by atoms with Crippen molar-refractivity contribution in [1.29, 1.82) is 0 Å². The number of H-pyrrole nitrogens is 1. The summed E-state index contributed by atoms with van der Waals surface area (Å²) in [5.74, 6) is 0.350. The van der Waals surface area contributed by atoms with Gasteiger partial charge in [-0.05, 0) is 30.5 Å². The fourth-order valence-corrected chi connectivity index (χ4v) is 2.91. The topological polar surface area (TPSA) is 80.8 Å². The van der Waals surface area contributed by atoms with Crippen molar-refractivity contribution in [3.63, 3.8) is 0 Å². The Morgan fingerprint density at radius 3 is 2.91 bits per heavy atom. The SMILES string of the molecule is CCOC(=O)CSc1nnc2c(n1)[nH]c1ccc(C(C)C)cc12. The number of benzene rings is 1. The van der Waals surface area contributed by atoms with Crippen molar-refractivity contribution in [2.24, 2.45) is 0 Å². The van der Waals surface area contributed by atoms with E-state index in [1.54, 1.807) is 6.92 Å². The third-order valence-corrected chi connectivity index (χ3v) is 4.32. The summed E-state index contributed by atoms with van der Waals surface area (Å²) < 4.78 is 4.89. The van der Waals surface area contributed by atoms with Gasteiger partial charge in [0, 0.05) is 10.9 Å². The molecule has 0 bridgehead atoms. The first kappa shape index (κ1) is 15.7. The molecule has 0 aliphatic carbocycles. The summed E-state index contributed by atoms with van der Waals surface area (Å²) in [4.78, 5) is 19.1. The molecular weight excluding hydrogens is 312 g/mol. The average Bonchev–Trinajstić information content (AvgIpc) is 2.90. The third-order valence-electron chi connectivity index (χ3n) is 3.51. The maximum absolute atomic E-state index is 11.4. The minimum atomic E-state index is -0.278. The Hall–Kier alpha value is -2.15. The lowest BCUT2D eigenvalue weighted by atomic mass is 10.0. The average molecular weight is 330 g/mol. The van der Waals surface area contributed by atoms with Crippen LogP contribution in [0.5, 0.6) is 0 Å². The van der Waals surface area contributed by atoms with E-state index in [-0.39, 0.29) is 11.7 Å². The first-order valence-electron chi connectivity index (χ1n) is 7.53. The number of thioether (sulfide) groups is 1. The van der Waals surface area contributed by atoms with Crippen molar-refractivity contribution < 1.29 is 9.53 Å². The quantitative estimate of drug-likeness (QED) is 0.571. The highest BCUT2D eigenvalue weighted by Crippen LogP contribution is 2.27. The lowest BCUT2D eigenvalue weighted by molar-refractivity contribution is -0.139. The van der Waals surface area contributed by atoms with Crippen LogP contribution in [0, 0.1) is 0 Å². The molecule has 2 heterocycles. The van der Waals surface area contributed by atoms with Gasteiger partial charge in [-0.2, -0.15) is 0 Å². The van der Waals surface area contributed by atoms with Crippen LogP contribution in [-0.2, 0) is 9.53 Å². The number of esters is 1. The highest BCUT2D eigenvalue weighted by atomic mass is 32.2. The van der Waals surface area contributed by atoms with Crippen molar-refractivity contribution in [2.75, 3.05) is 12.4 Å². The lowest BCUT2D eigenvalue weighted by Gasteiger charge is -2.04. The largest absolute Gasteiger partial charge is 0.465 e. The van der Waals surface area contributed by atoms with Gasteiger partial charge in [0.1, 0.15) is 5.52 Å². The predicted octanol–water partition coefficient (Wildman–Crippen LogP) is 3.28. The molecular formula is C16H18N4O2S. The van der Waals surface area contributed by atoms with Crippen molar-refractivity contribution in [3.05, 3.63) is 23.8 Å². The van der Waals surface area contributed by atoms with Crippen LogP contribution in [0.3, 0.4) is 0 Å². The Morgan fingerprint density at radius 2 is 2.17 bits per heavy atom. The summed E-state index contributed by atoms with van der Waals surface area (Å²) in [6.07, 6.45) is 0. The second-order valence-electron chi connectivity index (χ2n) is 5.47. The molecule has 0 aliphatic rings. The van der Waals surface area contributed by atoms with E-state index in [1.165, 1.54) is 17.3 Å². The Morgan fingerprint density at radius 1 is 1.35 bits per heavy atom. The zero-order chi connectivity index (χ0) is 16.4. The number of nitrogens with zero attached hydrogens (tertiary/aromatic N) is 3. The smallest absolute Gasteiger partial charge is 0.316 e. The van der Waals surface area contributed by atoms with E-state index in [0.717, 1.165) is 16.4 Å². The minimum Gasteiger partial charge on any atom is -0.465 e. The monoisotopic (exact) mass is 330 g/mol. The number of carbonyl (C=O) groups is 1. The minimum absolute atomic E-state index is 0.179. The van der Waals surface area contributed by atoms with Gasteiger partial charge in [0.25, 0.3) is 0 Å². The summed E-state index contributed by atoms with van der Waals surface area (Å²) in [6.45, 7) is 6.47. The van der Waals surface area contributed by atoms with E-state index >= 15 is 0 Å². The molecule has 0 unspecified atom stereocenters. The molecule has 1 aromatic carbocycles. The van der Waals surface area contributed by atoms with E-state index < -0.39 is 0 Å². The second-order valence-corrected chi connectivity index (χ2v) is 6.41. The summed E-state index contributed by atoms with van der Waals surface area (Å²) >= 11 is 1.22. The fourth-order valence-electron chi connectivity index (χ4n) is 2.32. The summed E-state index contributed by atoms with van der Waals surface area (Å²) in [7, 11) is 0. The van der Waals surface area contributed by atoms with Crippen LogP contribution in [0.4, 0.5) is 0 Å². The van der Waals surface area contributed by atoms with Crippen molar-refractivity contribution in [3.8, 4) is 0 Å². The lowest BCUT2D eigenvalue weighted by Crippen LogP contribution is -2.07. The van der Waals surface area contributed by atoms with E-state index in [0.29, 0.717) is 23.3 Å². The maximum Gasteiger partial charge on any atom is 0.316 e. The molecule has 3 rings (SSSR count). The van der Waals surface area contributed by atoms with E-state index in [1.807, 2.05) is 6.07 Å². The number of fused-ring (bicyclic) bond motifs is 3. The van der Waals surface area contributed by atoms with Crippen LogP contribution in [0.15, 0.2) is 23.4 Å². The van der Waals surface area contributed by atoms with Gasteiger partial charge >= 0.3 is 5.97 Å². The standard InChI is InChI=1S/C16H18N4O2S/c1-4-22-13(21)8-23-16-18-15-14(19-20-16)11-7-10(9(2)3)5-6-12(11)17-15/h5-7,9H,4,8H2,1-3H3,(H,17,18,20). The molecule has 7 heteroatoms. The first-order chi connectivity index (χ1) is 11.1. The molecule has 0 aliphatic heterocycles. The van der Waals surface area contributed by atoms with Gasteiger partial charge in [-0.15, -0.1) is 10.2 Å². The number of hydrogen-bond acceptors (Lipinski definition) is 6. The van der Waals surface area contributed by atoms with Crippen molar-refractivity contribution in [1.82, 2.24) is 20.2 Å². The Kier molecular flexibility index (Phi) is 4.47. The Bertz CT molecular complexity index is 860. The number of rotatable bonds is 5. The molecule has 1 N–H and O–H groups in total. The molecule has 0 spiro atoms. The molecule has 3 aromatic rings. The normalized spacial score (nSPS) is 11.5. The predicted molar refractivity (Wildman–Crippen MR) is 90.6 cm³/mol. The van der Waals surface area contributed by atoms with Crippen LogP contribution in [0.1, 0.15) is 32.3 Å². The summed E-state index contributed by atoms with van der Waals surface area (Å²) in [5.41, 5.74) is 3.67. The number of ether oxygens (including phenoxy) is 1. The van der Waals surface area contributed by atoms with Crippen LogP contribution < -0.4 is 0 Å². The first-order valence-corrected chi connectivity index (χ1v) is 8.51. The van der Waals surface area contributed by atoms with Gasteiger partial charge in [0.05, 0.1) is 12.4 Å². The highest BCUT2D eigenvalue weighted by Gasteiger charge is 2.12. The third kappa shape index (κ3) is 3.29. The number of carbonyl (C=O) groups excluding carboxylic acids is 1. The number of nitrogens with one attached hydrogen (secondary N) is 1. The molecule has 2 aromatic heterocycles. The van der Waals surface area contributed by atoms with Crippen molar-refractivity contribution in [2.45, 2.75) is 31.8 Å². The number of hydrogen-bond donors (Lipinski definition) is 1. The number of aromatic nitrogens is 4. The van der Waals surface area contributed by atoms with Crippen LogP contribution >= 0.6 is 11.8 Å². The molecule has 0 radical (unpaired) electrons. The molecule has 6 nitrogen and oxygen atoms in total. The number of aromatic amines is 1. The molecule has 0 fully saturated rings. The van der Waals surface area contributed by atoms with Gasteiger partial charge in [0.15, 0.2) is 5.65 Å². The molecule has 120 valence electrons. The highest BCUT2D eigenvalue weighted by molar-refractivity contribution is 7.99. The zero-order valence-electron chi connectivity index (χ0n) is 13.3. The molecule has 0 atom stereocenters. The van der Waals surface area contributed by atoms with Crippen LogP contribution in [0.2, 0.25) is 0 Å². The van der Waals surface area contributed by atoms with Gasteiger partial charge in [-0.3, -0.25) is 4.79 Å². The zero-order valence-corrected chi connectivity index (χ0v) is 14.1. The summed E-state index contributed by atoms with van der Waals surface area (Å²) in [6, 6.07) is 6.27. The second kappa shape index (κ2) is 6.54. The van der Waals surface area contributed by atoms with Gasteiger partial charge in [0.2, 0.25) is 5.16 Å². The molecule has 0 saturated heterocycles. The van der Waals surface area contributed by atoms with Gasteiger partial charge in [-0.1, -0.05) is 31.7 Å². The summed E-state index contributed by atoms with van der Waals surface area (Å²) in [5, 5.41) is 9.87. The molecule has 0 amide bonds. The van der Waals surface area contributed by atoms with E-state index in [9.17, 15) is 4.79 Å². The van der Waals surface area contributed by atoms with Gasteiger partial charge < -0.3 is 9.72 Å². The molecule has 0 saturated carbocycles. The van der Waals surface area contributed by atoms with Crippen LogP contribution in [-0.4, -0.2) is 38.5 Å². The van der Waals surface area contributed by atoms with Crippen LogP contribution in [0.25, 0.3) is 22.1 Å². The van der Waals surface area contributed by atoms with E-state index in [2.05, 4.69) is 46.1 Å². The Labute approximate surface area is 138 Å².